The Bertz CT molecular complexity index is 535. The summed E-state index contributed by atoms with van der Waals surface area (Å²) in [5, 5.41) is 4.19. The van der Waals surface area contributed by atoms with Gasteiger partial charge in [-0.05, 0) is 28.9 Å². The third kappa shape index (κ3) is 1.61. The molecule has 0 aliphatic heterocycles. The van der Waals surface area contributed by atoms with Crippen LogP contribution in [0.1, 0.15) is 16.2 Å². The van der Waals surface area contributed by atoms with Gasteiger partial charge in [0.15, 0.2) is 5.69 Å². The highest BCUT2D eigenvalue weighted by Crippen LogP contribution is 2.21. The summed E-state index contributed by atoms with van der Waals surface area (Å²) in [6, 6.07) is 1.63. The van der Waals surface area contributed by atoms with Crippen LogP contribution in [-0.4, -0.2) is 27.7 Å². The molecule has 0 N–H and O–H groups in total. The second kappa shape index (κ2) is 3.62. The molecule has 2 aromatic heterocycles. The Balaban J connectivity index is 2.64. The number of ether oxygens (including phenoxy) is 1. The van der Waals surface area contributed by atoms with Crippen molar-refractivity contribution in [2.45, 2.75) is 6.92 Å². The maximum Gasteiger partial charge on any atom is 0.356 e. The van der Waals surface area contributed by atoms with Crippen molar-refractivity contribution in [1.29, 1.82) is 0 Å². The fourth-order valence-electron chi connectivity index (χ4n) is 1.26. The molecule has 5 nitrogen and oxygen atoms in total. The van der Waals surface area contributed by atoms with Crippen LogP contribution < -0.4 is 0 Å². The van der Waals surface area contributed by atoms with Gasteiger partial charge in [-0.2, -0.15) is 5.10 Å². The molecule has 2 aromatic rings. The van der Waals surface area contributed by atoms with Gasteiger partial charge in [-0.1, -0.05) is 0 Å². The number of hydrogen-bond acceptors (Lipinski definition) is 4. The Morgan fingerprint density at radius 3 is 3.00 bits per heavy atom. The fraction of sp³-hybridized carbons (Fsp3) is 0.222. The minimum absolute atomic E-state index is 0.269. The quantitative estimate of drug-likeness (QED) is 0.738. The minimum Gasteiger partial charge on any atom is -0.464 e. The lowest BCUT2D eigenvalue weighted by atomic mass is 10.3. The molecule has 0 radical (unpaired) electrons. The Morgan fingerprint density at radius 1 is 1.60 bits per heavy atom. The average Bonchev–Trinajstić information content (AvgIpc) is 2.54. The number of fused-ring (bicyclic) bond motifs is 1. The van der Waals surface area contributed by atoms with E-state index in [9.17, 15) is 4.79 Å². The van der Waals surface area contributed by atoms with E-state index < -0.39 is 5.97 Å². The van der Waals surface area contributed by atoms with Crippen molar-refractivity contribution >= 4 is 27.4 Å². The van der Waals surface area contributed by atoms with Crippen molar-refractivity contribution < 1.29 is 9.53 Å². The van der Waals surface area contributed by atoms with E-state index >= 15 is 0 Å². The zero-order chi connectivity index (χ0) is 11.0. The molecule has 15 heavy (non-hydrogen) atoms. The van der Waals surface area contributed by atoms with Gasteiger partial charge in [0.25, 0.3) is 0 Å². The van der Waals surface area contributed by atoms with Crippen LogP contribution in [0.3, 0.4) is 0 Å². The van der Waals surface area contributed by atoms with Gasteiger partial charge in [0.2, 0.25) is 0 Å². The number of aromatic nitrogens is 3. The van der Waals surface area contributed by atoms with Crippen LogP contribution >= 0.6 is 15.9 Å². The van der Waals surface area contributed by atoms with Crippen molar-refractivity contribution in [3.8, 4) is 0 Å². The van der Waals surface area contributed by atoms with Gasteiger partial charge in [0, 0.05) is 0 Å². The summed E-state index contributed by atoms with van der Waals surface area (Å²) in [5.74, 6) is -0.455. The van der Waals surface area contributed by atoms with Crippen LogP contribution in [0.2, 0.25) is 0 Å². The van der Waals surface area contributed by atoms with Gasteiger partial charge in [0.05, 0.1) is 22.8 Å². The number of carbonyl (C=O) groups excluding carboxylic acids is 1. The maximum absolute atomic E-state index is 11.2. The molecular weight excluding hydrogens is 262 g/mol. The third-order valence-electron chi connectivity index (χ3n) is 2.02. The van der Waals surface area contributed by atoms with Crippen LogP contribution in [0.15, 0.2) is 16.9 Å². The van der Waals surface area contributed by atoms with Crippen molar-refractivity contribution in [3.63, 3.8) is 0 Å². The Labute approximate surface area is 94.2 Å². The normalized spacial score (nSPS) is 10.6. The number of halogens is 1. The average molecular weight is 270 g/mol. The smallest absolute Gasteiger partial charge is 0.356 e. The van der Waals surface area contributed by atoms with Crippen molar-refractivity contribution in [3.05, 3.63) is 28.3 Å². The predicted octanol–water partition coefficient (Wildman–Crippen LogP) is 1.59. The van der Waals surface area contributed by atoms with Gasteiger partial charge < -0.3 is 4.74 Å². The first-order valence-corrected chi connectivity index (χ1v) is 5.01. The molecule has 2 rings (SSSR count). The molecule has 2 heterocycles. The van der Waals surface area contributed by atoms with Gasteiger partial charge in [-0.15, -0.1) is 0 Å². The predicted molar refractivity (Wildman–Crippen MR) is 56.8 cm³/mol. The van der Waals surface area contributed by atoms with Crippen LogP contribution in [0, 0.1) is 6.92 Å². The monoisotopic (exact) mass is 269 g/mol. The van der Waals surface area contributed by atoms with Gasteiger partial charge >= 0.3 is 5.97 Å². The standard InChI is InChI=1S/C9H8BrN3O2/c1-5-8(10)7-3-6(9(14)15-2)11-4-13(7)12-5/h3-4H,1-2H3. The maximum atomic E-state index is 11.2. The Morgan fingerprint density at radius 2 is 2.33 bits per heavy atom. The lowest BCUT2D eigenvalue weighted by Gasteiger charge is -1.98. The van der Waals surface area contributed by atoms with E-state index in [2.05, 4.69) is 30.7 Å². The van der Waals surface area contributed by atoms with E-state index in [0.29, 0.717) is 0 Å². The van der Waals surface area contributed by atoms with E-state index in [1.165, 1.54) is 13.4 Å². The van der Waals surface area contributed by atoms with Crippen molar-refractivity contribution in [2.75, 3.05) is 7.11 Å². The van der Waals surface area contributed by atoms with Crippen LogP contribution in [0.5, 0.6) is 0 Å². The summed E-state index contributed by atoms with van der Waals surface area (Å²) in [4.78, 5) is 15.2. The second-order valence-corrected chi connectivity index (χ2v) is 3.79. The van der Waals surface area contributed by atoms with Gasteiger partial charge in [0.1, 0.15) is 6.33 Å². The summed E-state index contributed by atoms with van der Waals surface area (Å²) >= 11 is 3.39. The largest absolute Gasteiger partial charge is 0.464 e. The summed E-state index contributed by atoms with van der Waals surface area (Å²) < 4.78 is 7.04. The first-order valence-electron chi connectivity index (χ1n) is 4.22. The Hall–Kier alpha value is -1.43. The molecule has 0 bridgehead atoms. The molecule has 0 spiro atoms. The van der Waals surface area contributed by atoms with Gasteiger partial charge in [-0.25, -0.2) is 14.3 Å². The van der Waals surface area contributed by atoms with E-state index in [1.807, 2.05) is 6.92 Å². The molecule has 0 saturated heterocycles. The van der Waals surface area contributed by atoms with Gasteiger partial charge in [-0.3, -0.25) is 0 Å². The topological polar surface area (TPSA) is 56.5 Å². The van der Waals surface area contributed by atoms with E-state index in [1.54, 1.807) is 10.6 Å². The first-order chi connectivity index (χ1) is 7.13. The highest BCUT2D eigenvalue weighted by Gasteiger charge is 2.12. The third-order valence-corrected chi connectivity index (χ3v) is 3.00. The number of rotatable bonds is 1. The second-order valence-electron chi connectivity index (χ2n) is 2.99. The zero-order valence-electron chi connectivity index (χ0n) is 8.19. The number of esters is 1. The highest BCUT2D eigenvalue weighted by molar-refractivity contribution is 9.10. The fourth-order valence-corrected chi connectivity index (χ4v) is 1.64. The molecule has 0 amide bonds. The first kappa shape index (κ1) is 10.1. The molecule has 0 saturated carbocycles. The summed E-state index contributed by atoms with van der Waals surface area (Å²) in [6.07, 6.45) is 1.49. The molecule has 0 unspecified atom stereocenters. The molecular formula is C9H8BrN3O2. The van der Waals surface area contributed by atoms with Crippen LogP contribution in [0.25, 0.3) is 5.52 Å². The van der Waals surface area contributed by atoms with Crippen molar-refractivity contribution in [2.24, 2.45) is 0 Å². The van der Waals surface area contributed by atoms with E-state index in [-0.39, 0.29) is 5.69 Å². The minimum atomic E-state index is -0.455. The SMILES string of the molecule is COC(=O)c1cc2c(Br)c(C)nn2cn1. The molecule has 0 atom stereocenters. The molecule has 0 aromatic carbocycles. The molecule has 6 heteroatoms. The highest BCUT2D eigenvalue weighted by atomic mass is 79.9. The number of hydrogen-bond donors (Lipinski definition) is 0. The molecule has 0 aliphatic carbocycles. The zero-order valence-corrected chi connectivity index (χ0v) is 9.78. The number of methoxy groups -OCH3 is 1. The Kier molecular flexibility index (Phi) is 2.44. The van der Waals surface area contributed by atoms with E-state index in [4.69, 9.17) is 0 Å². The van der Waals surface area contributed by atoms with Crippen LogP contribution in [-0.2, 0) is 4.74 Å². The van der Waals surface area contributed by atoms with Crippen LogP contribution in [0.4, 0.5) is 0 Å². The molecule has 78 valence electrons. The summed E-state index contributed by atoms with van der Waals surface area (Å²) in [7, 11) is 1.32. The summed E-state index contributed by atoms with van der Waals surface area (Å²) in [6.45, 7) is 1.87. The number of nitrogens with zero attached hydrogens (tertiary/aromatic N) is 3. The van der Waals surface area contributed by atoms with Crippen molar-refractivity contribution in [1.82, 2.24) is 14.6 Å². The van der Waals surface area contributed by atoms with E-state index in [0.717, 1.165) is 15.7 Å². The lowest BCUT2D eigenvalue weighted by molar-refractivity contribution is 0.0594. The summed E-state index contributed by atoms with van der Waals surface area (Å²) in [5.41, 5.74) is 1.91. The number of aryl methyl sites for hydroxylation is 1. The lowest BCUT2D eigenvalue weighted by Crippen LogP contribution is -2.05. The number of carbonyl (C=O) groups is 1. The molecule has 0 aliphatic rings. The molecule has 0 fully saturated rings.